The summed E-state index contributed by atoms with van der Waals surface area (Å²) in [4.78, 5) is 1.30. The van der Waals surface area contributed by atoms with Crippen LogP contribution in [-0.2, 0) is 11.3 Å². The second-order valence-electron chi connectivity index (χ2n) is 4.60. The van der Waals surface area contributed by atoms with Crippen LogP contribution >= 0.6 is 11.3 Å². The van der Waals surface area contributed by atoms with Gasteiger partial charge in [-0.1, -0.05) is 19.9 Å². The van der Waals surface area contributed by atoms with Gasteiger partial charge in [0.15, 0.2) is 0 Å². The van der Waals surface area contributed by atoms with Gasteiger partial charge in [-0.25, -0.2) is 0 Å². The van der Waals surface area contributed by atoms with Crippen LogP contribution in [0.2, 0.25) is 0 Å². The average molecular weight is 227 g/mol. The molecule has 0 aromatic carbocycles. The molecule has 0 aliphatic heterocycles. The summed E-state index contributed by atoms with van der Waals surface area (Å²) < 4.78 is 5.59. The van der Waals surface area contributed by atoms with E-state index < -0.39 is 0 Å². The summed E-state index contributed by atoms with van der Waals surface area (Å²) >= 11 is 1.75. The Balaban J connectivity index is 2.03. The first-order valence-corrected chi connectivity index (χ1v) is 6.32. The molecule has 0 unspecified atom stereocenters. The smallest absolute Gasteiger partial charge is 0.0809 e. The van der Waals surface area contributed by atoms with E-state index in [1.54, 1.807) is 11.3 Å². The lowest BCUT2D eigenvalue weighted by atomic mass is 9.88. The molecule has 0 radical (unpaired) electrons. The topological polar surface area (TPSA) is 35.2 Å². The van der Waals surface area contributed by atoms with Gasteiger partial charge in [-0.2, -0.15) is 0 Å². The highest BCUT2D eigenvalue weighted by atomic mass is 32.1. The molecule has 1 aromatic rings. The highest BCUT2D eigenvalue weighted by Gasteiger charge is 2.14. The molecule has 0 amide bonds. The van der Waals surface area contributed by atoms with Crippen LogP contribution in [0.5, 0.6) is 0 Å². The predicted octanol–water partition coefficient (Wildman–Crippen LogP) is 3.03. The molecule has 3 heteroatoms. The zero-order chi connectivity index (χ0) is 11.1. The Kier molecular flexibility index (Phi) is 5.29. The molecule has 0 saturated heterocycles. The molecule has 86 valence electrons. The maximum Gasteiger partial charge on any atom is 0.0809 e. The molecule has 0 aliphatic carbocycles. The number of rotatable bonds is 7. The van der Waals surface area contributed by atoms with Crippen molar-refractivity contribution in [3.05, 3.63) is 22.4 Å². The minimum absolute atomic E-state index is 0.256. The molecule has 1 heterocycles. The number of hydrogen-bond acceptors (Lipinski definition) is 3. The maximum atomic E-state index is 5.66. The van der Waals surface area contributed by atoms with Gasteiger partial charge in [-0.05, 0) is 36.2 Å². The Hall–Kier alpha value is -0.380. The highest BCUT2D eigenvalue weighted by molar-refractivity contribution is 7.09. The van der Waals surface area contributed by atoms with Crippen molar-refractivity contribution in [1.82, 2.24) is 0 Å². The molecule has 0 atom stereocenters. The van der Waals surface area contributed by atoms with Crippen LogP contribution < -0.4 is 5.73 Å². The van der Waals surface area contributed by atoms with E-state index in [1.165, 1.54) is 4.88 Å². The van der Waals surface area contributed by atoms with Crippen LogP contribution in [0.4, 0.5) is 0 Å². The lowest BCUT2D eigenvalue weighted by Gasteiger charge is -2.21. The summed E-state index contributed by atoms with van der Waals surface area (Å²) in [6.45, 7) is 6.73. The first kappa shape index (κ1) is 12.7. The second kappa shape index (κ2) is 6.26. The third kappa shape index (κ3) is 5.30. The predicted molar refractivity (Wildman–Crippen MR) is 66.0 cm³/mol. The minimum Gasteiger partial charge on any atom is -0.376 e. The molecule has 1 aromatic heterocycles. The molecule has 1 rings (SSSR count). The lowest BCUT2D eigenvalue weighted by Crippen LogP contribution is -2.23. The molecule has 15 heavy (non-hydrogen) atoms. The first-order valence-electron chi connectivity index (χ1n) is 5.44. The van der Waals surface area contributed by atoms with Crippen molar-refractivity contribution in [1.29, 1.82) is 0 Å². The number of nitrogens with two attached hydrogens (primary N) is 1. The van der Waals surface area contributed by atoms with Gasteiger partial charge < -0.3 is 10.5 Å². The Morgan fingerprint density at radius 2 is 2.27 bits per heavy atom. The third-order valence-electron chi connectivity index (χ3n) is 2.52. The van der Waals surface area contributed by atoms with E-state index in [0.717, 1.165) is 32.6 Å². The molecule has 0 saturated carbocycles. The van der Waals surface area contributed by atoms with E-state index in [0.29, 0.717) is 0 Å². The molecule has 2 N–H and O–H groups in total. The summed E-state index contributed by atoms with van der Waals surface area (Å²) in [7, 11) is 0. The van der Waals surface area contributed by atoms with Crippen molar-refractivity contribution in [2.24, 2.45) is 11.1 Å². The molecular weight excluding hydrogens is 206 g/mol. The van der Waals surface area contributed by atoms with Crippen LogP contribution in [-0.4, -0.2) is 13.2 Å². The fourth-order valence-electron chi connectivity index (χ4n) is 1.32. The largest absolute Gasteiger partial charge is 0.376 e. The number of hydrogen-bond donors (Lipinski definition) is 1. The summed E-state index contributed by atoms with van der Waals surface area (Å²) in [5, 5.41) is 2.08. The Morgan fingerprint density at radius 3 is 2.87 bits per heavy atom. The molecule has 0 spiro atoms. The zero-order valence-corrected chi connectivity index (χ0v) is 10.5. The molecular formula is C12H21NOS. The van der Waals surface area contributed by atoms with Gasteiger partial charge >= 0.3 is 0 Å². The van der Waals surface area contributed by atoms with E-state index >= 15 is 0 Å². The van der Waals surface area contributed by atoms with Gasteiger partial charge in [0.2, 0.25) is 0 Å². The quantitative estimate of drug-likeness (QED) is 0.727. The summed E-state index contributed by atoms with van der Waals surface area (Å²) in [5.41, 5.74) is 5.92. The van der Waals surface area contributed by atoms with Gasteiger partial charge in [0.25, 0.3) is 0 Å². The third-order valence-corrected chi connectivity index (χ3v) is 3.37. The van der Waals surface area contributed by atoms with Crippen molar-refractivity contribution in [2.45, 2.75) is 33.3 Å². The van der Waals surface area contributed by atoms with Crippen molar-refractivity contribution in [3.8, 4) is 0 Å². The molecule has 0 fully saturated rings. The summed E-state index contributed by atoms with van der Waals surface area (Å²) in [6.07, 6.45) is 2.23. The van der Waals surface area contributed by atoms with Gasteiger partial charge in [-0.15, -0.1) is 11.3 Å². The van der Waals surface area contributed by atoms with Gasteiger partial charge in [0.1, 0.15) is 0 Å². The van der Waals surface area contributed by atoms with E-state index in [-0.39, 0.29) is 5.41 Å². The Labute approximate surface area is 96.4 Å². The average Bonchev–Trinajstić information content (AvgIpc) is 2.70. The van der Waals surface area contributed by atoms with Crippen molar-refractivity contribution in [2.75, 3.05) is 13.2 Å². The molecule has 0 aliphatic rings. The van der Waals surface area contributed by atoms with E-state index in [1.807, 2.05) is 0 Å². The molecule has 0 bridgehead atoms. The first-order chi connectivity index (χ1) is 7.14. The van der Waals surface area contributed by atoms with E-state index in [4.69, 9.17) is 10.5 Å². The van der Waals surface area contributed by atoms with Crippen LogP contribution in [0.3, 0.4) is 0 Å². The second-order valence-corrected chi connectivity index (χ2v) is 5.64. The standard InChI is InChI=1S/C12H21NOS/c1-12(2,10-13)6-4-7-14-9-11-5-3-8-15-11/h3,5,8H,4,6-7,9-10,13H2,1-2H3. The van der Waals surface area contributed by atoms with Gasteiger partial charge in [0.05, 0.1) is 6.61 Å². The minimum atomic E-state index is 0.256. The van der Waals surface area contributed by atoms with Gasteiger partial charge in [-0.3, -0.25) is 0 Å². The number of thiophene rings is 1. The maximum absolute atomic E-state index is 5.66. The number of ether oxygens (including phenoxy) is 1. The normalized spacial score (nSPS) is 11.9. The Morgan fingerprint density at radius 1 is 1.47 bits per heavy atom. The van der Waals surface area contributed by atoms with Crippen LogP contribution in [0, 0.1) is 5.41 Å². The SMILES string of the molecule is CC(C)(CN)CCCOCc1cccs1. The zero-order valence-electron chi connectivity index (χ0n) is 9.66. The fourth-order valence-corrected chi connectivity index (χ4v) is 1.96. The van der Waals surface area contributed by atoms with Crippen molar-refractivity contribution < 1.29 is 4.74 Å². The van der Waals surface area contributed by atoms with Crippen LogP contribution in [0.1, 0.15) is 31.6 Å². The van der Waals surface area contributed by atoms with E-state index in [2.05, 4.69) is 31.4 Å². The lowest BCUT2D eigenvalue weighted by molar-refractivity contribution is 0.111. The van der Waals surface area contributed by atoms with E-state index in [9.17, 15) is 0 Å². The van der Waals surface area contributed by atoms with Gasteiger partial charge in [0, 0.05) is 11.5 Å². The van der Waals surface area contributed by atoms with Crippen molar-refractivity contribution >= 4 is 11.3 Å². The van der Waals surface area contributed by atoms with Crippen molar-refractivity contribution in [3.63, 3.8) is 0 Å². The molecule has 2 nitrogen and oxygen atoms in total. The summed E-state index contributed by atoms with van der Waals surface area (Å²) in [6, 6.07) is 4.16. The Bertz CT molecular complexity index is 257. The monoisotopic (exact) mass is 227 g/mol. The van der Waals surface area contributed by atoms with Crippen LogP contribution in [0.25, 0.3) is 0 Å². The summed E-state index contributed by atoms with van der Waals surface area (Å²) in [5.74, 6) is 0. The fraction of sp³-hybridized carbons (Fsp3) is 0.667. The highest BCUT2D eigenvalue weighted by Crippen LogP contribution is 2.20. The van der Waals surface area contributed by atoms with Crippen LogP contribution in [0.15, 0.2) is 17.5 Å².